The lowest BCUT2D eigenvalue weighted by molar-refractivity contribution is -0.146. The highest BCUT2D eigenvalue weighted by Crippen LogP contribution is 2.17. The van der Waals surface area contributed by atoms with Gasteiger partial charge in [-0.1, -0.05) is 42.5 Å². The van der Waals surface area contributed by atoms with E-state index in [1.807, 2.05) is 44.2 Å². The first-order valence-electron chi connectivity index (χ1n) is 9.95. The van der Waals surface area contributed by atoms with E-state index >= 15 is 0 Å². The summed E-state index contributed by atoms with van der Waals surface area (Å²) in [6, 6.07) is 15.9. The largest absolute Gasteiger partial charge is 0.452 e. The number of nitrogens with one attached hydrogen (secondary N) is 1. The summed E-state index contributed by atoms with van der Waals surface area (Å²) in [4.78, 5) is 39.0. The van der Waals surface area contributed by atoms with Crippen molar-refractivity contribution in [3.05, 3.63) is 65.7 Å². The number of rotatable bonds is 6. The van der Waals surface area contributed by atoms with Crippen LogP contribution in [-0.4, -0.2) is 54.6 Å². The molecule has 0 spiro atoms. The van der Waals surface area contributed by atoms with Gasteiger partial charge in [0.05, 0.1) is 29.9 Å². The molecular formula is C23H26N2O5. The molecule has 0 saturated carbocycles. The Morgan fingerprint density at radius 2 is 1.63 bits per heavy atom. The monoisotopic (exact) mass is 410 g/mol. The Balaban J connectivity index is 1.58. The molecule has 1 heterocycles. The fraction of sp³-hybridized carbons (Fsp3) is 0.348. The molecule has 0 aromatic heterocycles. The van der Waals surface area contributed by atoms with Crippen LogP contribution < -0.4 is 5.32 Å². The van der Waals surface area contributed by atoms with Gasteiger partial charge in [-0.2, -0.15) is 0 Å². The van der Waals surface area contributed by atoms with Gasteiger partial charge in [0.25, 0.3) is 5.91 Å². The molecule has 7 nitrogen and oxygen atoms in total. The van der Waals surface area contributed by atoms with Gasteiger partial charge in [0.1, 0.15) is 0 Å². The minimum absolute atomic E-state index is 0.0612. The van der Waals surface area contributed by atoms with Gasteiger partial charge in [-0.15, -0.1) is 0 Å². The topological polar surface area (TPSA) is 84.9 Å². The maximum absolute atomic E-state index is 12.6. The summed E-state index contributed by atoms with van der Waals surface area (Å²) in [5.41, 5.74) is 1.43. The van der Waals surface area contributed by atoms with Crippen LogP contribution in [0.2, 0.25) is 0 Å². The number of hydrogen-bond donors (Lipinski definition) is 1. The summed E-state index contributed by atoms with van der Waals surface area (Å²) in [7, 11) is 0. The maximum Gasteiger partial charge on any atom is 0.340 e. The van der Waals surface area contributed by atoms with E-state index in [1.54, 1.807) is 29.2 Å². The Hall–Kier alpha value is -3.19. The molecule has 7 heteroatoms. The summed E-state index contributed by atoms with van der Waals surface area (Å²) < 4.78 is 10.8. The minimum Gasteiger partial charge on any atom is -0.452 e. The third-order valence-electron chi connectivity index (χ3n) is 4.73. The van der Waals surface area contributed by atoms with Crippen molar-refractivity contribution in [2.24, 2.45) is 0 Å². The lowest BCUT2D eigenvalue weighted by atomic mass is 10.1. The molecule has 3 rings (SSSR count). The molecule has 2 aromatic rings. The molecule has 1 aliphatic rings. The van der Waals surface area contributed by atoms with E-state index in [0.717, 1.165) is 5.56 Å². The summed E-state index contributed by atoms with van der Waals surface area (Å²) in [6.45, 7) is 4.37. The highest BCUT2D eigenvalue weighted by Gasteiger charge is 2.26. The molecule has 0 aliphatic carbocycles. The van der Waals surface area contributed by atoms with Gasteiger partial charge >= 0.3 is 5.97 Å². The summed E-state index contributed by atoms with van der Waals surface area (Å²) in [6.07, 6.45) is 0.0683. The van der Waals surface area contributed by atoms with Gasteiger partial charge in [-0.05, 0) is 31.5 Å². The first-order chi connectivity index (χ1) is 14.4. The van der Waals surface area contributed by atoms with Gasteiger partial charge in [-0.25, -0.2) is 4.79 Å². The zero-order valence-corrected chi connectivity index (χ0v) is 17.2. The predicted molar refractivity (Wildman–Crippen MR) is 112 cm³/mol. The van der Waals surface area contributed by atoms with Crippen molar-refractivity contribution in [2.75, 3.05) is 25.0 Å². The Morgan fingerprint density at radius 3 is 2.33 bits per heavy atom. The minimum atomic E-state index is -0.659. The van der Waals surface area contributed by atoms with Crippen LogP contribution in [0.5, 0.6) is 0 Å². The molecule has 2 aromatic carbocycles. The Bertz CT molecular complexity index is 889. The highest BCUT2D eigenvalue weighted by molar-refractivity contribution is 6.02. The number of benzene rings is 2. The van der Waals surface area contributed by atoms with Crippen LogP contribution in [0.1, 0.15) is 29.8 Å². The molecule has 0 bridgehead atoms. The van der Waals surface area contributed by atoms with E-state index in [1.165, 1.54) is 0 Å². The molecule has 1 fully saturated rings. The van der Waals surface area contributed by atoms with Gasteiger partial charge in [0, 0.05) is 13.1 Å². The average molecular weight is 410 g/mol. The molecule has 2 amide bonds. The van der Waals surface area contributed by atoms with Crippen LogP contribution in [0.4, 0.5) is 5.69 Å². The molecule has 2 atom stereocenters. The quantitative estimate of drug-likeness (QED) is 0.740. The average Bonchev–Trinajstić information content (AvgIpc) is 2.72. The molecule has 0 unspecified atom stereocenters. The summed E-state index contributed by atoms with van der Waals surface area (Å²) in [5.74, 6) is -1.17. The van der Waals surface area contributed by atoms with Crippen molar-refractivity contribution < 1.29 is 23.9 Å². The van der Waals surface area contributed by atoms with E-state index in [9.17, 15) is 14.4 Å². The van der Waals surface area contributed by atoms with Crippen LogP contribution in [0.25, 0.3) is 0 Å². The lowest BCUT2D eigenvalue weighted by Gasteiger charge is -2.35. The number of para-hydroxylation sites is 1. The Labute approximate surface area is 176 Å². The fourth-order valence-electron chi connectivity index (χ4n) is 3.42. The summed E-state index contributed by atoms with van der Waals surface area (Å²) in [5, 5.41) is 2.75. The van der Waals surface area contributed by atoms with Crippen LogP contribution in [-0.2, 0) is 25.5 Å². The number of anilines is 1. The standard InChI is InChI=1S/C23H26N2O5/c1-16-13-25(14-17(2)30-16)22(27)15-29-23(28)19-10-6-7-11-20(19)24-21(26)12-18-8-4-3-5-9-18/h3-11,16-17H,12-15H2,1-2H3,(H,24,26)/t16-,17+. The van der Waals surface area contributed by atoms with Crippen LogP contribution in [0.3, 0.4) is 0 Å². The van der Waals surface area contributed by atoms with E-state index in [-0.39, 0.29) is 42.6 Å². The van der Waals surface area contributed by atoms with Crippen LogP contribution in [0.15, 0.2) is 54.6 Å². The van der Waals surface area contributed by atoms with Crippen molar-refractivity contribution in [2.45, 2.75) is 32.5 Å². The number of carbonyl (C=O) groups is 3. The first kappa shape index (κ1) is 21.5. The molecule has 1 aliphatic heterocycles. The zero-order valence-electron chi connectivity index (χ0n) is 17.2. The molecule has 1 N–H and O–H groups in total. The third kappa shape index (κ3) is 5.90. The molecular weight excluding hydrogens is 384 g/mol. The Kier molecular flexibility index (Phi) is 7.19. The number of ether oxygens (including phenoxy) is 2. The maximum atomic E-state index is 12.6. The van der Waals surface area contributed by atoms with Crippen LogP contribution >= 0.6 is 0 Å². The SMILES string of the molecule is C[C@@H]1CN(C(=O)COC(=O)c2ccccc2NC(=O)Cc2ccccc2)C[C@H](C)O1. The van der Waals surface area contributed by atoms with Crippen LogP contribution in [0, 0.1) is 0 Å². The van der Waals surface area contributed by atoms with Crippen molar-refractivity contribution in [3.63, 3.8) is 0 Å². The van der Waals surface area contributed by atoms with Gasteiger partial charge < -0.3 is 19.7 Å². The van der Waals surface area contributed by atoms with Gasteiger partial charge in [-0.3, -0.25) is 9.59 Å². The first-order valence-corrected chi connectivity index (χ1v) is 9.95. The van der Waals surface area contributed by atoms with Crippen molar-refractivity contribution in [1.29, 1.82) is 0 Å². The van der Waals surface area contributed by atoms with Gasteiger partial charge in [0.15, 0.2) is 6.61 Å². The van der Waals surface area contributed by atoms with E-state index in [2.05, 4.69) is 5.32 Å². The van der Waals surface area contributed by atoms with Crippen molar-refractivity contribution in [1.82, 2.24) is 4.90 Å². The molecule has 158 valence electrons. The smallest absolute Gasteiger partial charge is 0.340 e. The van der Waals surface area contributed by atoms with Crippen molar-refractivity contribution >= 4 is 23.5 Å². The predicted octanol–water partition coefficient (Wildman–Crippen LogP) is 2.66. The number of hydrogen-bond acceptors (Lipinski definition) is 5. The number of nitrogens with zero attached hydrogens (tertiary/aromatic N) is 1. The number of amides is 2. The second-order valence-electron chi connectivity index (χ2n) is 7.39. The second-order valence-corrected chi connectivity index (χ2v) is 7.39. The lowest BCUT2D eigenvalue weighted by Crippen LogP contribution is -2.49. The number of carbonyl (C=O) groups excluding carboxylic acids is 3. The van der Waals surface area contributed by atoms with E-state index in [4.69, 9.17) is 9.47 Å². The van der Waals surface area contributed by atoms with E-state index in [0.29, 0.717) is 18.8 Å². The second kappa shape index (κ2) is 10.0. The summed E-state index contributed by atoms with van der Waals surface area (Å²) >= 11 is 0. The third-order valence-corrected chi connectivity index (χ3v) is 4.73. The number of esters is 1. The normalized spacial score (nSPS) is 18.5. The molecule has 0 radical (unpaired) electrons. The van der Waals surface area contributed by atoms with Gasteiger partial charge in [0.2, 0.25) is 5.91 Å². The molecule has 1 saturated heterocycles. The van der Waals surface area contributed by atoms with E-state index < -0.39 is 5.97 Å². The number of morpholine rings is 1. The highest BCUT2D eigenvalue weighted by atomic mass is 16.5. The zero-order chi connectivity index (χ0) is 21.5. The fourth-order valence-corrected chi connectivity index (χ4v) is 3.42. The molecule has 30 heavy (non-hydrogen) atoms. The van der Waals surface area contributed by atoms with Crippen molar-refractivity contribution in [3.8, 4) is 0 Å². The Morgan fingerprint density at radius 1 is 1.00 bits per heavy atom.